The van der Waals surface area contributed by atoms with Crippen LogP contribution < -0.4 is 0 Å². The van der Waals surface area contributed by atoms with Gasteiger partial charge in [-0.05, 0) is 30.7 Å². The van der Waals surface area contributed by atoms with E-state index in [9.17, 15) is 0 Å². The van der Waals surface area contributed by atoms with Crippen LogP contribution in [0.4, 0.5) is 0 Å². The number of H-pyrrole nitrogens is 1. The van der Waals surface area contributed by atoms with Gasteiger partial charge < -0.3 is 4.98 Å². The Morgan fingerprint density at radius 2 is 1.78 bits per heavy atom. The quantitative estimate of drug-likeness (QED) is 0.484. The van der Waals surface area contributed by atoms with Crippen LogP contribution in [-0.4, -0.2) is 9.97 Å². The van der Waals surface area contributed by atoms with Gasteiger partial charge >= 0.3 is 0 Å². The SMILES string of the molecule is Cc1cccc2nc3[nH]c4ccccc4c3cc12. The maximum atomic E-state index is 4.72. The Bertz CT molecular complexity index is 887. The molecule has 1 N–H and O–H groups in total. The van der Waals surface area contributed by atoms with Gasteiger partial charge in [-0.3, -0.25) is 0 Å². The highest BCUT2D eigenvalue weighted by Gasteiger charge is 2.07. The number of hydrogen-bond acceptors (Lipinski definition) is 1. The smallest absolute Gasteiger partial charge is 0.139 e. The first kappa shape index (κ1) is 9.66. The predicted octanol–water partition coefficient (Wildman–Crippen LogP) is 4.18. The molecule has 0 aliphatic heterocycles. The average Bonchev–Trinajstić information content (AvgIpc) is 2.75. The van der Waals surface area contributed by atoms with Crippen molar-refractivity contribution in [1.29, 1.82) is 0 Å². The van der Waals surface area contributed by atoms with Gasteiger partial charge in [-0.25, -0.2) is 4.98 Å². The van der Waals surface area contributed by atoms with Crippen LogP contribution in [0.5, 0.6) is 0 Å². The van der Waals surface area contributed by atoms with Gasteiger partial charge in [-0.1, -0.05) is 30.3 Å². The Hall–Kier alpha value is -2.35. The van der Waals surface area contributed by atoms with Gasteiger partial charge in [0.2, 0.25) is 0 Å². The van der Waals surface area contributed by atoms with Crippen molar-refractivity contribution in [2.75, 3.05) is 0 Å². The Labute approximate surface area is 104 Å². The van der Waals surface area contributed by atoms with E-state index in [2.05, 4.69) is 54.4 Å². The Morgan fingerprint density at radius 1 is 0.889 bits per heavy atom. The molecule has 4 rings (SSSR count). The molecule has 4 aromatic rings. The number of rotatable bonds is 0. The molecule has 0 amide bonds. The summed E-state index contributed by atoms with van der Waals surface area (Å²) in [5.74, 6) is 0. The molecule has 2 aromatic heterocycles. The second-order valence-corrected chi connectivity index (χ2v) is 4.70. The zero-order valence-electron chi connectivity index (χ0n) is 10.1. The zero-order chi connectivity index (χ0) is 12.1. The van der Waals surface area contributed by atoms with Crippen molar-refractivity contribution in [2.45, 2.75) is 6.92 Å². The number of hydrogen-bond donors (Lipinski definition) is 1. The highest BCUT2D eigenvalue weighted by Crippen LogP contribution is 2.28. The molecule has 2 heteroatoms. The minimum atomic E-state index is 0.967. The van der Waals surface area contributed by atoms with Crippen molar-refractivity contribution >= 4 is 32.8 Å². The summed E-state index contributed by atoms with van der Waals surface area (Å²) in [7, 11) is 0. The van der Waals surface area contributed by atoms with E-state index in [-0.39, 0.29) is 0 Å². The van der Waals surface area contributed by atoms with E-state index in [1.165, 1.54) is 21.7 Å². The minimum Gasteiger partial charge on any atom is -0.339 e. The maximum absolute atomic E-state index is 4.72. The molecule has 0 aliphatic carbocycles. The summed E-state index contributed by atoms with van der Waals surface area (Å²) in [5.41, 5.74) is 4.43. The van der Waals surface area contributed by atoms with E-state index in [1.807, 2.05) is 6.07 Å². The van der Waals surface area contributed by atoms with Crippen LogP contribution in [0.1, 0.15) is 5.56 Å². The fourth-order valence-electron chi connectivity index (χ4n) is 2.60. The molecule has 0 saturated carbocycles. The first-order valence-electron chi connectivity index (χ1n) is 6.10. The number of aryl methyl sites for hydroxylation is 1. The predicted molar refractivity (Wildman–Crippen MR) is 75.8 cm³/mol. The number of para-hydroxylation sites is 1. The molecule has 0 aliphatic rings. The van der Waals surface area contributed by atoms with Crippen LogP contribution in [0.15, 0.2) is 48.5 Å². The fraction of sp³-hybridized carbons (Fsp3) is 0.0625. The van der Waals surface area contributed by atoms with Gasteiger partial charge in [0.05, 0.1) is 5.52 Å². The number of benzene rings is 2. The molecule has 0 bridgehead atoms. The number of fused-ring (bicyclic) bond motifs is 4. The lowest BCUT2D eigenvalue weighted by molar-refractivity contribution is 1.39. The summed E-state index contributed by atoms with van der Waals surface area (Å²) in [6.45, 7) is 2.13. The second kappa shape index (κ2) is 3.33. The molecule has 2 heterocycles. The van der Waals surface area contributed by atoms with E-state index in [0.717, 1.165) is 16.7 Å². The van der Waals surface area contributed by atoms with Crippen LogP contribution in [0.3, 0.4) is 0 Å². The molecule has 2 aromatic carbocycles. The molecule has 86 valence electrons. The van der Waals surface area contributed by atoms with Gasteiger partial charge in [0.1, 0.15) is 5.65 Å². The van der Waals surface area contributed by atoms with Crippen molar-refractivity contribution < 1.29 is 0 Å². The number of nitrogens with zero attached hydrogens (tertiary/aromatic N) is 1. The van der Waals surface area contributed by atoms with Crippen molar-refractivity contribution in [3.05, 3.63) is 54.1 Å². The van der Waals surface area contributed by atoms with Crippen molar-refractivity contribution in [2.24, 2.45) is 0 Å². The fourth-order valence-corrected chi connectivity index (χ4v) is 2.60. The lowest BCUT2D eigenvalue weighted by Gasteiger charge is -2.01. The normalized spacial score (nSPS) is 11.6. The Balaban J connectivity index is 2.28. The van der Waals surface area contributed by atoms with E-state index < -0.39 is 0 Å². The van der Waals surface area contributed by atoms with Crippen LogP contribution in [-0.2, 0) is 0 Å². The van der Waals surface area contributed by atoms with E-state index in [1.54, 1.807) is 0 Å². The Kier molecular flexibility index (Phi) is 1.78. The summed E-state index contributed by atoms with van der Waals surface area (Å²) in [6.07, 6.45) is 0. The molecule has 0 spiro atoms. The maximum Gasteiger partial charge on any atom is 0.139 e. The van der Waals surface area contributed by atoms with Crippen molar-refractivity contribution in [3.8, 4) is 0 Å². The average molecular weight is 232 g/mol. The largest absolute Gasteiger partial charge is 0.339 e. The molecule has 0 atom stereocenters. The minimum absolute atomic E-state index is 0.967. The van der Waals surface area contributed by atoms with Gasteiger partial charge in [0.25, 0.3) is 0 Å². The summed E-state index contributed by atoms with van der Waals surface area (Å²) in [4.78, 5) is 8.10. The summed E-state index contributed by atoms with van der Waals surface area (Å²) >= 11 is 0. The van der Waals surface area contributed by atoms with Crippen molar-refractivity contribution in [3.63, 3.8) is 0 Å². The molecule has 0 unspecified atom stereocenters. The molecular formula is C16H12N2. The van der Waals surface area contributed by atoms with Gasteiger partial charge in [0, 0.05) is 21.7 Å². The summed E-state index contributed by atoms with van der Waals surface area (Å²) in [6, 6.07) is 16.8. The first-order valence-corrected chi connectivity index (χ1v) is 6.10. The summed E-state index contributed by atoms with van der Waals surface area (Å²) < 4.78 is 0. The lowest BCUT2D eigenvalue weighted by Crippen LogP contribution is -1.83. The molecular weight excluding hydrogens is 220 g/mol. The molecule has 0 saturated heterocycles. The van der Waals surface area contributed by atoms with Gasteiger partial charge in [-0.15, -0.1) is 0 Å². The lowest BCUT2D eigenvalue weighted by atomic mass is 10.1. The van der Waals surface area contributed by atoms with E-state index >= 15 is 0 Å². The highest BCUT2D eigenvalue weighted by molar-refractivity contribution is 6.09. The van der Waals surface area contributed by atoms with Crippen LogP contribution in [0.25, 0.3) is 32.8 Å². The van der Waals surface area contributed by atoms with E-state index in [4.69, 9.17) is 4.98 Å². The van der Waals surface area contributed by atoms with E-state index in [0.29, 0.717) is 0 Å². The standard InChI is InChI=1S/C16H12N2/c1-10-5-4-8-15-12(10)9-13-11-6-2-3-7-14(11)17-16(13)18-15/h2-9H,1H3,(H,17,18). The zero-order valence-corrected chi connectivity index (χ0v) is 10.1. The van der Waals surface area contributed by atoms with Crippen LogP contribution in [0.2, 0.25) is 0 Å². The molecule has 18 heavy (non-hydrogen) atoms. The van der Waals surface area contributed by atoms with Crippen molar-refractivity contribution in [1.82, 2.24) is 9.97 Å². The van der Waals surface area contributed by atoms with Crippen LogP contribution >= 0.6 is 0 Å². The third kappa shape index (κ3) is 1.20. The third-order valence-electron chi connectivity index (χ3n) is 3.55. The Morgan fingerprint density at radius 3 is 2.72 bits per heavy atom. The number of nitrogens with one attached hydrogen (secondary N) is 1. The number of aromatic amines is 1. The van der Waals surface area contributed by atoms with Gasteiger partial charge in [0.15, 0.2) is 0 Å². The number of aromatic nitrogens is 2. The molecule has 0 fully saturated rings. The molecule has 2 nitrogen and oxygen atoms in total. The molecule has 0 radical (unpaired) electrons. The third-order valence-corrected chi connectivity index (χ3v) is 3.55. The highest BCUT2D eigenvalue weighted by atomic mass is 14.9. The second-order valence-electron chi connectivity index (χ2n) is 4.70. The number of pyridine rings is 1. The van der Waals surface area contributed by atoms with Crippen LogP contribution in [0, 0.1) is 6.92 Å². The summed E-state index contributed by atoms with van der Waals surface area (Å²) in [5, 5.41) is 3.67. The van der Waals surface area contributed by atoms with Gasteiger partial charge in [-0.2, -0.15) is 0 Å². The first-order chi connectivity index (χ1) is 8.83. The monoisotopic (exact) mass is 232 g/mol. The topological polar surface area (TPSA) is 28.7 Å².